The predicted octanol–water partition coefficient (Wildman–Crippen LogP) is -0.0513. The normalized spacial score (nSPS) is 18.3. The van der Waals surface area contributed by atoms with Gasteiger partial charge < -0.3 is 19.9 Å². The van der Waals surface area contributed by atoms with Gasteiger partial charge in [0, 0.05) is 13.0 Å². The van der Waals surface area contributed by atoms with Crippen molar-refractivity contribution >= 4 is 11.0 Å². The number of aromatic nitrogens is 2. The Bertz CT molecular complexity index is 912. The van der Waals surface area contributed by atoms with E-state index in [-0.39, 0.29) is 18.4 Å². The van der Waals surface area contributed by atoms with E-state index in [9.17, 15) is 19.8 Å². The minimum absolute atomic E-state index is 0.0707. The quantitative estimate of drug-likeness (QED) is 0.657. The molecule has 2 unspecified atom stereocenters. The Balaban J connectivity index is 2.18. The van der Waals surface area contributed by atoms with Crippen LogP contribution in [0.2, 0.25) is 0 Å². The number of aryl methyl sites for hydroxylation is 1. The topological polar surface area (TPSA) is 105 Å². The first-order chi connectivity index (χ1) is 11.8. The van der Waals surface area contributed by atoms with Gasteiger partial charge in [0.2, 0.25) is 0 Å². The molecule has 2 atom stereocenters. The highest BCUT2D eigenvalue weighted by atomic mass is 16.3. The van der Waals surface area contributed by atoms with Gasteiger partial charge in [0.05, 0.1) is 36.4 Å². The standard InChI is InChI=1S/C18H24N2O5/c1-18(2)6-7-19-15-13(18)4-3-5-14(15)20(17(25)16(19)24)9-11(22)8-12(23)10-21/h3-5,11-12,21-23H,6-10H2,1-2H3. The summed E-state index contributed by atoms with van der Waals surface area (Å²) in [5.41, 5.74) is 0.963. The Hall–Kier alpha value is -1.96. The second-order valence-corrected chi connectivity index (χ2v) is 7.41. The van der Waals surface area contributed by atoms with Gasteiger partial charge in [0.25, 0.3) is 0 Å². The average Bonchev–Trinajstić information content (AvgIpc) is 2.57. The molecule has 1 aliphatic heterocycles. The Labute approximate surface area is 144 Å². The van der Waals surface area contributed by atoms with E-state index in [0.29, 0.717) is 12.1 Å². The summed E-state index contributed by atoms with van der Waals surface area (Å²) in [5, 5.41) is 28.5. The van der Waals surface area contributed by atoms with Crippen LogP contribution < -0.4 is 11.1 Å². The number of nitrogens with zero attached hydrogens (tertiary/aromatic N) is 2. The smallest absolute Gasteiger partial charge is 0.317 e. The summed E-state index contributed by atoms with van der Waals surface area (Å²) in [6.45, 7) is 4.13. The highest BCUT2D eigenvalue weighted by Gasteiger charge is 2.30. The molecule has 7 nitrogen and oxygen atoms in total. The molecule has 0 fully saturated rings. The SMILES string of the molecule is CC1(C)CCn2c(=O)c(=O)n(CC(O)CC(O)CO)c3cccc1c32. The lowest BCUT2D eigenvalue weighted by Crippen LogP contribution is -2.46. The number of para-hydroxylation sites is 1. The fraction of sp³-hybridized carbons (Fsp3) is 0.556. The third kappa shape index (κ3) is 3.03. The molecule has 0 radical (unpaired) electrons. The number of hydrogen-bond donors (Lipinski definition) is 3. The van der Waals surface area contributed by atoms with Crippen LogP contribution in [0.3, 0.4) is 0 Å². The lowest BCUT2D eigenvalue weighted by atomic mass is 9.78. The lowest BCUT2D eigenvalue weighted by molar-refractivity contribution is 0.0358. The van der Waals surface area contributed by atoms with E-state index in [4.69, 9.17) is 5.11 Å². The minimum Gasteiger partial charge on any atom is -0.394 e. The molecule has 0 amide bonds. The molecule has 1 aromatic carbocycles. The first-order valence-electron chi connectivity index (χ1n) is 8.50. The van der Waals surface area contributed by atoms with Gasteiger partial charge in [0.1, 0.15) is 0 Å². The molecule has 7 heteroatoms. The molecule has 3 N–H and O–H groups in total. The summed E-state index contributed by atoms with van der Waals surface area (Å²) < 4.78 is 2.82. The van der Waals surface area contributed by atoms with Crippen LogP contribution in [0.5, 0.6) is 0 Å². The molecule has 2 heterocycles. The van der Waals surface area contributed by atoms with E-state index in [0.717, 1.165) is 17.5 Å². The summed E-state index contributed by atoms with van der Waals surface area (Å²) in [5.74, 6) is 0. The first-order valence-corrected chi connectivity index (χ1v) is 8.50. The Kier molecular flexibility index (Phi) is 4.57. The van der Waals surface area contributed by atoms with Gasteiger partial charge in [-0.05, 0) is 23.5 Å². The molecule has 25 heavy (non-hydrogen) atoms. The zero-order valence-corrected chi connectivity index (χ0v) is 14.5. The predicted molar refractivity (Wildman–Crippen MR) is 93.8 cm³/mol. The third-order valence-corrected chi connectivity index (χ3v) is 5.09. The first kappa shape index (κ1) is 17.8. The molecule has 136 valence electrons. The summed E-state index contributed by atoms with van der Waals surface area (Å²) in [7, 11) is 0. The van der Waals surface area contributed by atoms with E-state index in [1.165, 1.54) is 9.13 Å². The van der Waals surface area contributed by atoms with Crippen LogP contribution in [0.4, 0.5) is 0 Å². The largest absolute Gasteiger partial charge is 0.394 e. The van der Waals surface area contributed by atoms with Crippen LogP contribution in [-0.4, -0.2) is 43.3 Å². The van der Waals surface area contributed by atoms with Crippen LogP contribution in [-0.2, 0) is 18.5 Å². The second kappa shape index (κ2) is 6.40. The maximum atomic E-state index is 12.6. The van der Waals surface area contributed by atoms with Gasteiger partial charge >= 0.3 is 11.1 Å². The molecule has 0 saturated carbocycles. The van der Waals surface area contributed by atoms with Crippen molar-refractivity contribution in [2.45, 2.75) is 57.4 Å². The van der Waals surface area contributed by atoms with Crippen LogP contribution in [0, 0.1) is 0 Å². The number of aliphatic hydroxyl groups is 3. The highest BCUT2D eigenvalue weighted by Crippen LogP contribution is 2.36. The molecule has 3 rings (SSSR count). The van der Waals surface area contributed by atoms with E-state index in [2.05, 4.69) is 13.8 Å². The molecule has 1 aliphatic rings. The highest BCUT2D eigenvalue weighted by molar-refractivity contribution is 5.81. The van der Waals surface area contributed by atoms with Gasteiger partial charge in [-0.15, -0.1) is 0 Å². The van der Waals surface area contributed by atoms with E-state index >= 15 is 0 Å². The van der Waals surface area contributed by atoms with Gasteiger partial charge in [-0.1, -0.05) is 26.0 Å². The molecule has 1 aromatic heterocycles. The van der Waals surface area contributed by atoms with Crippen LogP contribution in [0.1, 0.15) is 32.3 Å². The lowest BCUT2D eigenvalue weighted by Gasteiger charge is -2.33. The van der Waals surface area contributed by atoms with E-state index in [1.54, 1.807) is 6.07 Å². The number of hydrogen-bond acceptors (Lipinski definition) is 5. The summed E-state index contributed by atoms with van der Waals surface area (Å²) in [4.78, 5) is 25.1. The molecular weight excluding hydrogens is 324 g/mol. The van der Waals surface area contributed by atoms with E-state index in [1.807, 2.05) is 12.1 Å². The summed E-state index contributed by atoms with van der Waals surface area (Å²) in [6.07, 6.45) is -1.41. The Morgan fingerprint density at radius 1 is 1.16 bits per heavy atom. The Morgan fingerprint density at radius 2 is 1.88 bits per heavy atom. The summed E-state index contributed by atoms with van der Waals surface area (Å²) in [6, 6.07) is 5.59. The van der Waals surface area contributed by atoms with Crippen LogP contribution >= 0.6 is 0 Å². The molecule has 0 saturated heterocycles. The molecule has 0 bridgehead atoms. The summed E-state index contributed by atoms with van der Waals surface area (Å²) >= 11 is 0. The second-order valence-electron chi connectivity index (χ2n) is 7.41. The maximum absolute atomic E-state index is 12.6. The zero-order valence-electron chi connectivity index (χ0n) is 14.5. The van der Waals surface area contributed by atoms with Crippen molar-refractivity contribution in [2.24, 2.45) is 0 Å². The fourth-order valence-corrected chi connectivity index (χ4v) is 3.62. The maximum Gasteiger partial charge on any atom is 0.317 e. The van der Waals surface area contributed by atoms with Crippen molar-refractivity contribution in [3.8, 4) is 0 Å². The molecule has 2 aromatic rings. The van der Waals surface area contributed by atoms with Gasteiger partial charge in [-0.25, -0.2) is 0 Å². The van der Waals surface area contributed by atoms with Crippen molar-refractivity contribution in [3.05, 3.63) is 44.5 Å². The van der Waals surface area contributed by atoms with Gasteiger partial charge in [0.15, 0.2) is 0 Å². The van der Waals surface area contributed by atoms with Crippen LogP contribution in [0.25, 0.3) is 11.0 Å². The van der Waals surface area contributed by atoms with Gasteiger partial charge in [-0.2, -0.15) is 0 Å². The number of benzene rings is 1. The monoisotopic (exact) mass is 348 g/mol. The third-order valence-electron chi connectivity index (χ3n) is 5.09. The fourth-order valence-electron chi connectivity index (χ4n) is 3.62. The van der Waals surface area contributed by atoms with Crippen LogP contribution in [0.15, 0.2) is 27.8 Å². The molecule has 0 spiro atoms. The Morgan fingerprint density at radius 3 is 2.56 bits per heavy atom. The van der Waals surface area contributed by atoms with Crippen molar-refractivity contribution in [1.29, 1.82) is 0 Å². The van der Waals surface area contributed by atoms with Gasteiger partial charge in [-0.3, -0.25) is 14.2 Å². The van der Waals surface area contributed by atoms with Crippen molar-refractivity contribution in [2.75, 3.05) is 6.61 Å². The minimum atomic E-state index is -1.06. The zero-order chi connectivity index (χ0) is 18.4. The average molecular weight is 348 g/mol. The van der Waals surface area contributed by atoms with Crippen molar-refractivity contribution in [3.63, 3.8) is 0 Å². The number of rotatable bonds is 5. The van der Waals surface area contributed by atoms with Crippen molar-refractivity contribution < 1.29 is 15.3 Å². The molecular formula is C18H24N2O5. The van der Waals surface area contributed by atoms with Crippen molar-refractivity contribution in [1.82, 2.24) is 9.13 Å². The number of aliphatic hydroxyl groups excluding tert-OH is 3. The molecule has 0 aliphatic carbocycles. The van der Waals surface area contributed by atoms with E-state index < -0.39 is 29.9 Å².